The third-order valence-electron chi connectivity index (χ3n) is 4.53. The second-order valence-electron chi connectivity index (χ2n) is 7.15. The minimum Gasteiger partial charge on any atom is -0.483 e. The van der Waals surface area contributed by atoms with Gasteiger partial charge >= 0.3 is 5.97 Å². The number of hydrogen-bond donors (Lipinski definition) is 5. The van der Waals surface area contributed by atoms with Crippen molar-refractivity contribution < 1.29 is 34.5 Å². The normalized spacial score (nSPS) is 12.2. The van der Waals surface area contributed by atoms with Crippen LogP contribution in [-0.2, 0) is 11.2 Å². The average molecular weight is 468 g/mol. The van der Waals surface area contributed by atoms with Crippen LogP contribution in [-0.4, -0.2) is 61.9 Å². The maximum Gasteiger partial charge on any atom is 0.303 e. The molecule has 0 fully saturated rings. The molecule has 0 unspecified atom stereocenters. The SMILES string of the molecule is C[C@@H](Oc1cc2onc(CCC(=O)O)c2cc1Cl)c1ccccn1.NC(CO)(CO)CO. The molecule has 0 aliphatic carbocycles. The summed E-state index contributed by atoms with van der Waals surface area (Å²) >= 11 is 6.30. The Morgan fingerprint density at radius 1 is 1.25 bits per heavy atom. The van der Waals surface area contributed by atoms with E-state index in [4.69, 9.17) is 47.0 Å². The van der Waals surface area contributed by atoms with Crippen LogP contribution >= 0.6 is 11.6 Å². The van der Waals surface area contributed by atoms with Crippen LogP contribution in [0.15, 0.2) is 41.1 Å². The fourth-order valence-electron chi connectivity index (χ4n) is 2.50. The van der Waals surface area contributed by atoms with Gasteiger partial charge in [0.15, 0.2) is 5.58 Å². The summed E-state index contributed by atoms with van der Waals surface area (Å²) in [6, 6.07) is 8.94. The van der Waals surface area contributed by atoms with E-state index in [0.717, 1.165) is 5.69 Å². The highest BCUT2D eigenvalue weighted by molar-refractivity contribution is 6.32. The Bertz CT molecular complexity index is 1000. The number of carboxylic acid groups (broad SMARTS) is 1. The summed E-state index contributed by atoms with van der Waals surface area (Å²) in [5, 5.41) is 38.8. The summed E-state index contributed by atoms with van der Waals surface area (Å²) in [6.07, 6.45) is 1.68. The third kappa shape index (κ3) is 6.87. The fraction of sp³-hybridized carbons (Fsp3) is 0.381. The molecule has 32 heavy (non-hydrogen) atoms. The molecule has 3 rings (SSSR count). The minimum absolute atomic E-state index is 0.0196. The Morgan fingerprint density at radius 3 is 2.47 bits per heavy atom. The van der Waals surface area contributed by atoms with Crippen LogP contribution in [0.4, 0.5) is 0 Å². The molecular formula is C21H26ClN3O7. The highest BCUT2D eigenvalue weighted by atomic mass is 35.5. The maximum absolute atomic E-state index is 10.7. The maximum atomic E-state index is 10.7. The summed E-state index contributed by atoms with van der Waals surface area (Å²) in [7, 11) is 0. The Morgan fingerprint density at radius 2 is 1.94 bits per heavy atom. The van der Waals surface area contributed by atoms with Crippen LogP contribution in [0.25, 0.3) is 11.0 Å². The molecule has 0 radical (unpaired) electrons. The van der Waals surface area contributed by atoms with E-state index < -0.39 is 31.3 Å². The van der Waals surface area contributed by atoms with E-state index in [-0.39, 0.29) is 18.9 Å². The van der Waals surface area contributed by atoms with Gasteiger partial charge in [0, 0.05) is 24.1 Å². The number of carboxylic acids is 1. The van der Waals surface area contributed by atoms with E-state index in [0.29, 0.717) is 27.4 Å². The lowest BCUT2D eigenvalue weighted by atomic mass is 10.1. The average Bonchev–Trinajstić information content (AvgIpc) is 3.19. The van der Waals surface area contributed by atoms with Crippen LogP contribution in [0.3, 0.4) is 0 Å². The molecule has 0 aliphatic rings. The van der Waals surface area contributed by atoms with E-state index in [9.17, 15) is 4.79 Å². The van der Waals surface area contributed by atoms with E-state index >= 15 is 0 Å². The summed E-state index contributed by atoms with van der Waals surface area (Å²) in [6.45, 7) is 0.668. The van der Waals surface area contributed by atoms with Crippen molar-refractivity contribution in [2.75, 3.05) is 19.8 Å². The summed E-state index contributed by atoms with van der Waals surface area (Å²) in [4.78, 5) is 14.9. The molecule has 1 atom stereocenters. The zero-order valence-electron chi connectivity index (χ0n) is 17.4. The molecule has 0 amide bonds. The molecule has 0 saturated carbocycles. The number of nitrogens with two attached hydrogens (primary N) is 1. The Kier molecular flexibility index (Phi) is 9.36. The third-order valence-corrected chi connectivity index (χ3v) is 4.82. The molecule has 3 aromatic rings. The summed E-state index contributed by atoms with van der Waals surface area (Å²) in [5.74, 6) is -0.426. The smallest absolute Gasteiger partial charge is 0.303 e. The van der Waals surface area contributed by atoms with Gasteiger partial charge in [-0.25, -0.2) is 0 Å². The van der Waals surface area contributed by atoms with Gasteiger partial charge in [0.2, 0.25) is 0 Å². The predicted octanol–water partition coefficient (Wildman–Crippen LogP) is 1.69. The lowest BCUT2D eigenvalue weighted by Gasteiger charge is -2.20. The van der Waals surface area contributed by atoms with Crippen molar-refractivity contribution in [1.29, 1.82) is 0 Å². The lowest BCUT2D eigenvalue weighted by molar-refractivity contribution is -0.136. The monoisotopic (exact) mass is 467 g/mol. The Hall–Kier alpha value is -2.76. The van der Waals surface area contributed by atoms with Gasteiger partial charge in [0.1, 0.15) is 11.9 Å². The number of carbonyl (C=O) groups is 1. The van der Waals surface area contributed by atoms with Gasteiger partial charge in [-0.2, -0.15) is 0 Å². The number of aliphatic carboxylic acids is 1. The number of fused-ring (bicyclic) bond motifs is 1. The number of rotatable bonds is 9. The molecule has 10 nitrogen and oxygen atoms in total. The number of aliphatic hydroxyl groups excluding tert-OH is 3. The number of aliphatic hydroxyl groups is 3. The fourth-order valence-corrected chi connectivity index (χ4v) is 2.71. The molecule has 0 spiro atoms. The quantitative estimate of drug-likeness (QED) is 0.311. The lowest BCUT2D eigenvalue weighted by Crippen LogP contribution is -2.50. The second-order valence-corrected chi connectivity index (χ2v) is 7.56. The van der Waals surface area contributed by atoms with E-state index in [1.807, 2.05) is 25.1 Å². The zero-order valence-corrected chi connectivity index (χ0v) is 18.2. The first kappa shape index (κ1) is 25.5. The van der Waals surface area contributed by atoms with Crippen molar-refractivity contribution in [3.05, 3.63) is 52.9 Å². The number of hydrogen-bond acceptors (Lipinski definition) is 9. The van der Waals surface area contributed by atoms with E-state index in [1.54, 1.807) is 18.3 Å². The topological polar surface area (TPSA) is 172 Å². The molecule has 6 N–H and O–H groups in total. The molecule has 0 aliphatic heterocycles. The van der Waals surface area contributed by atoms with Crippen molar-refractivity contribution in [2.24, 2.45) is 5.73 Å². The number of ether oxygens (including phenoxy) is 1. The van der Waals surface area contributed by atoms with E-state index in [2.05, 4.69) is 10.1 Å². The highest BCUT2D eigenvalue weighted by Gasteiger charge is 2.20. The van der Waals surface area contributed by atoms with Crippen LogP contribution in [0.1, 0.15) is 30.8 Å². The molecular weight excluding hydrogens is 442 g/mol. The zero-order chi connectivity index (χ0) is 23.7. The first-order chi connectivity index (χ1) is 15.2. The molecule has 0 saturated heterocycles. The molecule has 2 aromatic heterocycles. The summed E-state index contributed by atoms with van der Waals surface area (Å²) in [5.41, 5.74) is 5.79. The van der Waals surface area contributed by atoms with Gasteiger partial charge in [-0.05, 0) is 25.1 Å². The minimum atomic E-state index is -1.21. The van der Waals surface area contributed by atoms with Crippen molar-refractivity contribution in [3.63, 3.8) is 0 Å². The number of nitrogens with zero attached hydrogens (tertiary/aromatic N) is 2. The van der Waals surface area contributed by atoms with Crippen molar-refractivity contribution in [2.45, 2.75) is 31.4 Å². The molecule has 174 valence electrons. The number of halogens is 1. The van der Waals surface area contributed by atoms with Crippen LogP contribution in [0.5, 0.6) is 5.75 Å². The van der Waals surface area contributed by atoms with Crippen molar-refractivity contribution in [3.8, 4) is 5.75 Å². The number of aryl methyl sites for hydroxylation is 1. The largest absolute Gasteiger partial charge is 0.483 e. The standard InChI is InChI=1S/C17H15ClN2O4.C4H11NO3/c1-10(13-4-2-3-7-19-13)23-16-9-15-11(8-12(16)18)14(20-24-15)5-6-17(21)22;5-4(1-6,2-7)3-8/h2-4,7-10H,5-6H2,1H3,(H,21,22);6-8H,1-3,5H2/t10-;/m1./s1. The van der Waals surface area contributed by atoms with Crippen LogP contribution in [0, 0.1) is 0 Å². The van der Waals surface area contributed by atoms with Crippen molar-refractivity contribution in [1.82, 2.24) is 10.1 Å². The van der Waals surface area contributed by atoms with Gasteiger partial charge in [0.05, 0.1) is 48.2 Å². The van der Waals surface area contributed by atoms with Crippen molar-refractivity contribution >= 4 is 28.5 Å². The first-order valence-corrected chi connectivity index (χ1v) is 10.1. The molecule has 2 heterocycles. The number of benzene rings is 1. The molecule has 11 heteroatoms. The van der Waals surface area contributed by atoms with E-state index in [1.165, 1.54) is 0 Å². The Labute approximate surface area is 189 Å². The van der Waals surface area contributed by atoms with Gasteiger partial charge in [0.25, 0.3) is 0 Å². The predicted molar refractivity (Wildman–Crippen MR) is 116 cm³/mol. The number of aromatic nitrogens is 2. The van der Waals surface area contributed by atoms with Gasteiger partial charge < -0.3 is 35.4 Å². The Balaban J connectivity index is 0.000000390. The van der Waals surface area contributed by atoms with Crippen LogP contribution in [0.2, 0.25) is 5.02 Å². The summed E-state index contributed by atoms with van der Waals surface area (Å²) < 4.78 is 11.1. The highest BCUT2D eigenvalue weighted by Crippen LogP contribution is 2.34. The van der Waals surface area contributed by atoms with Crippen LogP contribution < -0.4 is 10.5 Å². The number of pyridine rings is 1. The molecule has 0 bridgehead atoms. The second kappa shape index (κ2) is 11.7. The first-order valence-electron chi connectivity index (χ1n) is 9.71. The van der Waals surface area contributed by atoms with Gasteiger partial charge in [-0.1, -0.05) is 22.8 Å². The molecule has 1 aromatic carbocycles. The van der Waals surface area contributed by atoms with Gasteiger partial charge in [-0.3, -0.25) is 9.78 Å². The van der Waals surface area contributed by atoms with Gasteiger partial charge in [-0.15, -0.1) is 0 Å².